The van der Waals surface area contributed by atoms with Gasteiger partial charge < -0.3 is 9.64 Å². The highest BCUT2D eigenvalue weighted by molar-refractivity contribution is 6.04. The molecular weight excluding hydrogens is 273 g/mol. The quantitative estimate of drug-likeness (QED) is 0.573. The van der Waals surface area contributed by atoms with Crippen LogP contribution in [0.25, 0.3) is 0 Å². The summed E-state index contributed by atoms with van der Waals surface area (Å²) in [5.74, 6) is -1.24. The molecule has 0 atom stereocenters. The Morgan fingerprint density at radius 1 is 1.24 bits per heavy atom. The smallest absolute Gasteiger partial charge is 0.319 e. The third kappa shape index (κ3) is 4.03. The fraction of sp³-hybridized carbons (Fsp3) is 0.500. The highest BCUT2D eigenvalue weighted by Gasteiger charge is 2.38. The van der Waals surface area contributed by atoms with E-state index in [1.54, 1.807) is 30.0 Å². The molecule has 5 heteroatoms. The monoisotopic (exact) mass is 295 g/mol. The predicted octanol–water partition coefficient (Wildman–Crippen LogP) is 2.81. The first-order valence-corrected chi connectivity index (χ1v) is 7.04. The van der Waals surface area contributed by atoms with Gasteiger partial charge in [-0.2, -0.15) is 0 Å². The third-order valence-electron chi connectivity index (χ3n) is 3.39. The minimum atomic E-state index is -1.24. The summed E-state index contributed by atoms with van der Waals surface area (Å²) < 4.78 is 18.7. The van der Waals surface area contributed by atoms with Gasteiger partial charge in [-0.1, -0.05) is 12.1 Å². The molecule has 0 heterocycles. The topological polar surface area (TPSA) is 46.6 Å². The van der Waals surface area contributed by atoms with Gasteiger partial charge in [0.15, 0.2) is 5.78 Å². The standard InChI is InChI=1S/C16H22FNO3/c1-5-18(13-10-8-7-9-12(13)17)11-14(19)16(3,4)15(20)21-6-2/h7-10H,5-6,11H2,1-4H3. The van der Waals surface area contributed by atoms with Gasteiger partial charge in [-0.25, -0.2) is 4.39 Å². The number of hydrogen-bond acceptors (Lipinski definition) is 4. The van der Waals surface area contributed by atoms with Gasteiger partial charge in [0.2, 0.25) is 0 Å². The normalized spacial score (nSPS) is 11.1. The van der Waals surface area contributed by atoms with E-state index in [2.05, 4.69) is 0 Å². The highest BCUT2D eigenvalue weighted by atomic mass is 19.1. The van der Waals surface area contributed by atoms with E-state index in [1.165, 1.54) is 19.9 Å². The molecule has 1 aromatic carbocycles. The zero-order chi connectivity index (χ0) is 16.0. The Labute approximate surface area is 124 Å². The maximum atomic E-state index is 13.8. The van der Waals surface area contributed by atoms with E-state index in [4.69, 9.17) is 4.74 Å². The number of anilines is 1. The summed E-state index contributed by atoms with van der Waals surface area (Å²) >= 11 is 0. The largest absolute Gasteiger partial charge is 0.465 e. The van der Waals surface area contributed by atoms with Gasteiger partial charge >= 0.3 is 5.97 Å². The van der Waals surface area contributed by atoms with Crippen molar-refractivity contribution < 1.29 is 18.7 Å². The number of ketones is 1. The van der Waals surface area contributed by atoms with Gasteiger partial charge in [-0.15, -0.1) is 0 Å². The molecule has 0 amide bonds. The van der Waals surface area contributed by atoms with Crippen molar-refractivity contribution in [1.82, 2.24) is 0 Å². The van der Waals surface area contributed by atoms with Gasteiger partial charge in [0.05, 0.1) is 18.8 Å². The van der Waals surface area contributed by atoms with E-state index in [0.29, 0.717) is 12.2 Å². The average molecular weight is 295 g/mol. The first-order valence-electron chi connectivity index (χ1n) is 7.04. The summed E-state index contributed by atoms with van der Waals surface area (Å²) in [6.07, 6.45) is 0. The number of Topliss-reactive ketones (excluding diaryl/α,β-unsaturated/α-hetero) is 1. The van der Waals surface area contributed by atoms with Crippen molar-refractivity contribution in [3.63, 3.8) is 0 Å². The van der Waals surface area contributed by atoms with Crippen LogP contribution in [0.4, 0.5) is 10.1 Å². The van der Waals surface area contributed by atoms with E-state index in [-0.39, 0.29) is 24.8 Å². The van der Waals surface area contributed by atoms with Crippen LogP contribution in [-0.2, 0) is 14.3 Å². The van der Waals surface area contributed by atoms with Gasteiger partial charge in [-0.3, -0.25) is 9.59 Å². The number of likely N-dealkylation sites (N-methyl/N-ethyl adjacent to an activating group) is 1. The Hall–Kier alpha value is -1.91. The number of rotatable bonds is 7. The average Bonchev–Trinajstić information content (AvgIpc) is 2.45. The van der Waals surface area contributed by atoms with Gasteiger partial charge in [0.25, 0.3) is 0 Å². The van der Waals surface area contributed by atoms with E-state index in [1.807, 2.05) is 6.92 Å². The van der Waals surface area contributed by atoms with Crippen LogP contribution in [0.3, 0.4) is 0 Å². The molecule has 0 bridgehead atoms. The number of benzene rings is 1. The Bertz CT molecular complexity index is 514. The van der Waals surface area contributed by atoms with Crippen molar-refractivity contribution >= 4 is 17.4 Å². The van der Waals surface area contributed by atoms with Crippen molar-refractivity contribution in [2.24, 2.45) is 5.41 Å². The van der Waals surface area contributed by atoms with Gasteiger partial charge in [0.1, 0.15) is 11.2 Å². The first kappa shape index (κ1) is 17.1. The third-order valence-corrected chi connectivity index (χ3v) is 3.39. The van der Waals surface area contributed by atoms with Crippen LogP contribution >= 0.6 is 0 Å². The Balaban J connectivity index is 2.89. The zero-order valence-electron chi connectivity index (χ0n) is 13.0. The van der Waals surface area contributed by atoms with E-state index in [0.717, 1.165) is 0 Å². The molecule has 1 aromatic rings. The fourth-order valence-electron chi connectivity index (χ4n) is 1.87. The summed E-state index contributed by atoms with van der Waals surface area (Å²) in [5.41, 5.74) is -0.887. The minimum Gasteiger partial charge on any atom is -0.465 e. The Morgan fingerprint density at radius 2 is 1.86 bits per heavy atom. The van der Waals surface area contributed by atoms with E-state index in [9.17, 15) is 14.0 Å². The van der Waals surface area contributed by atoms with Crippen LogP contribution in [0.1, 0.15) is 27.7 Å². The summed E-state index contributed by atoms with van der Waals surface area (Å²) in [4.78, 5) is 25.8. The molecule has 0 aliphatic rings. The molecule has 0 saturated carbocycles. The molecule has 1 rings (SSSR count). The number of esters is 1. The van der Waals surface area contributed by atoms with Crippen LogP contribution in [0.15, 0.2) is 24.3 Å². The molecule has 0 aromatic heterocycles. The first-order chi connectivity index (χ1) is 9.84. The summed E-state index contributed by atoms with van der Waals surface area (Å²) in [6.45, 7) is 7.23. The lowest BCUT2D eigenvalue weighted by Gasteiger charge is -2.27. The van der Waals surface area contributed by atoms with Gasteiger partial charge in [-0.05, 0) is 39.8 Å². The number of carbonyl (C=O) groups is 2. The number of hydrogen-bond donors (Lipinski definition) is 0. The minimum absolute atomic E-state index is 0.0384. The fourth-order valence-corrected chi connectivity index (χ4v) is 1.87. The number of carbonyl (C=O) groups excluding carboxylic acids is 2. The molecule has 4 nitrogen and oxygen atoms in total. The number of nitrogens with zero attached hydrogens (tertiary/aromatic N) is 1. The van der Waals surface area contributed by atoms with Crippen molar-refractivity contribution in [2.75, 3.05) is 24.6 Å². The lowest BCUT2D eigenvalue weighted by molar-refractivity contribution is -0.157. The lowest BCUT2D eigenvalue weighted by atomic mass is 9.87. The zero-order valence-corrected chi connectivity index (χ0v) is 13.0. The number of para-hydroxylation sites is 1. The molecule has 0 N–H and O–H groups in total. The SMILES string of the molecule is CCOC(=O)C(C)(C)C(=O)CN(CC)c1ccccc1F. The maximum absolute atomic E-state index is 13.8. The predicted molar refractivity (Wildman–Crippen MR) is 79.7 cm³/mol. The maximum Gasteiger partial charge on any atom is 0.319 e. The summed E-state index contributed by atoms with van der Waals surface area (Å²) in [7, 11) is 0. The second-order valence-corrected chi connectivity index (χ2v) is 5.23. The lowest BCUT2D eigenvalue weighted by Crippen LogP contribution is -2.42. The van der Waals surface area contributed by atoms with Crippen molar-refractivity contribution in [1.29, 1.82) is 0 Å². The number of halogens is 1. The van der Waals surface area contributed by atoms with Crippen molar-refractivity contribution in [3.05, 3.63) is 30.1 Å². The molecule has 0 unspecified atom stereocenters. The molecule has 0 aliphatic heterocycles. The van der Waals surface area contributed by atoms with Crippen LogP contribution in [0.2, 0.25) is 0 Å². The van der Waals surface area contributed by atoms with E-state index < -0.39 is 11.4 Å². The van der Waals surface area contributed by atoms with E-state index >= 15 is 0 Å². The highest BCUT2D eigenvalue weighted by Crippen LogP contribution is 2.23. The Morgan fingerprint density at radius 3 is 2.38 bits per heavy atom. The summed E-state index contributed by atoms with van der Waals surface area (Å²) in [5, 5.41) is 0. The molecule has 0 aliphatic carbocycles. The Kier molecular flexibility index (Phi) is 5.88. The molecular formula is C16H22FNO3. The van der Waals surface area contributed by atoms with Crippen LogP contribution in [0.5, 0.6) is 0 Å². The molecule has 0 radical (unpaired) electrons. The number of ether oxygens (including phenoxy) is 1. The van der Waals surface area contributed by atoms with Crippen molar-refractivity contribution in [3.8, 4) is 0 Å². The van der Waals surface area contributed by atoms with Crippen LogP contribution in [0, 0.1) is 11.2 Å². The van der Waals surface area contributed by atoms with Crippen LogP contribution in [-0.4, -0.2) is 31.4 Å². The van der Waals surface area contributed by atoms with Crippen molar-refractivity contribution in [2.45, 2.75) is 27.7 Å². The van der Waals surface area contributed by atoms with Crippen LogP contribution < -0.4 is 4.90 Å². The molecule has 21 heavy (non-hydrogen) atoms. The molecule has 0 saturated heterocycles. The molecule has 0 fully saturated rings. The molecule has 116 valence electrons. The summed E-state index contributed by atoms with van der Waals surface area (Å²) in [6, 6.07) is 6.27. The second-order valence-electron chi connectivity index (χ2n) is 5.23. The second kappa shape index (κ2) is 7.20. The van der Waals surface area contributed by atoms with Gasteiger partial charge in [0, 0.05) is 6.54 Å². The molecule has 0 spiro atoms.